The molecule has 1 aromatic rings. The molecule has 0 radical (unpaired) electrons. The second-order valence-electron chi connectivity index (χ2n) is 4.39. The lowest BCUT2D eigenvalue weighted by Crippen LogP contribution is -2.35. The predicted molar refractivity (Wildman–Crippen MR) is 67.7 cm³/mol. The van der Waals surface area contributed by atoms with Gasteiger partial charge < -0.3 is 18.9 Å². The average molecular weight is 252 g/mol. The van der Waals surface area contributed by atoms with E-state index in [1.807, 2.05) is 18.2 Å². The van der Waals surface area contributed by atoms with Gasteiger partial charge in [0.15, 0.2) is 6.79 Å². The van der Waals surface area contributed by atoms with E-state index in [1.54, 1.807) is 14.2 Å². The summed E-state index contributed by atoms with van der Waals surface area (Å²) < 4.78 is 21.5. The first-order valence-corrected chi connectivity index (χ1v) is 6.16. The van der Waals surface area contributed by atoms with Crippen LogP contribution in [0.5, 0.6) is 5.75 Å². The Morgan fingerprint density at radius 1 is 1.22 bits per heavy atom. The molecule has 0 unspecified atom stereocenters. The van der Waals surface area contributed by atoms with E-state index in [9.17, 15) is 0 Å². The van der Waals surface area contributed by atoms with Crippen molar-refractivity contribution in [3.63, 3.8) is 0 Å². The minimum absolute atomic E-state index is 0.245. The number of methoxy groups -OCH3 is 2. The van der Waals surface area contributed by atoms with Crippen molar-refractivity contribution < 1.29 is 18.9 Å². The Morgan fingerprint density at radius 2 is 2.00 bits per heavy atom. The molecule has 1 heterocycles. The lowest BCUT2D eigenvalue weighted by molar-refractivity contribution is -0.0949. The molecule has 0 atom stereocenters. The zero-order chi connectivity index (χ0) is 12.8. The maximum absolute atomic E-state index is 5.76. The molecular formula is C14H20O4. The Labute approximate surface area is 108 Å². The van der Waals surface area contributed by atoms with E-state index in [4.69, 9.17) is 18.9 Å². The van der Waals surface area contributed by atoms with Crippen LogP contribution in [-0.4, -0.2) is 34.2 Å². The molecule has 4 heteroatoms. The molecule has 1 saturated heterocycles. The monoisotopic (exact) mass is 252 g/mol. The molecule has 0 N–H and O–H groups in total. The third kappa shape index (κ3) is 2.83. The minimum Gasteiger partial charge on any atom is -0.468 e. The molecule has 100 valence electrons. The molecule has 0 saturated carbocycles. The zero-order valence-electron chi connectivity index (χ0n) is 11.0. The Morgan fingerprint density at radius 3 is 2.67 bits per heavy atom. The maximum atomic E-state index is 5.76. The van der Waals surface area contributed by atoms with Gasteiger partial charge in [-0.25, -0.2) is 0 Å². The summed E-state index contributed by atoms with van der Waals surface area (Å²) in [5.74, 6) is 0.803. The lowest BCUT2D eigenvalue weighted by Gasteiger charge is -2.36. The molecule has 0 bridgehead atoms. The highest BCUT2D eigenvalue weighted by molar-refractivity contribution is 5.32. The van der Waals surface area contributed by atoms with Gasteiger partial charge in [-0.2, -0.15) is 0 Å². The topological polar surface area (TPSA) is 36.9 Å². The Bertz CT molecular complexity index is 372. The molecule has 1 fully saturated rings. The second-order valence-corrected chi connectivity index (χ2v) is 4.39. The van der Waals surface area contributed by atoms with Crippen LogP contribution < -0.4 is 4.74 Å². The Kier molecular flexibility index (Phi) is 4.58. The molecule has 18 heavy (non-hydrogen) atoms. The largest absolute Gasteiger partial charge is 0.468 e. The van der Waals surface area contributed by atoms with Crippen molar-refractivity contribution in [1.29, 1.82) is 0 Å². The van der Waals surface area contributed by atoms with Crippen molar-refractivity contribution in [3.8, 4) is 5.75 Å². The standard InChI is InChI=1S/C14H20O4/c1-15-11-18-13-5-3-4-12(10-13)14(16-2)6-8-17-9-7-14/h3-5,10H,6-9,11H2,1-2H3. The first-order chi connectivity index (χ1) is 8.80. The molecule has 1 aliphatic rings. The van der Waals surface area contributed by atoms with Gasteiger partial charge in [0.1, 0.15) is 5.75 Å². The van der Waals surface area contributed by atoms with E-state index in [0.29, 0.717) is 0 Å². The quantitative estimate of drug-likeness (QED) is 0.754. The molecule has 4 nitrogen and oxygen atoms in total. The molecule has 0 spiro atoms. The molecule has 1 aromatic carbocycles. The van der Waals surface area contributed by atoms with Crippen molar-refractivity contribution in [2.75, 3.05) is 34.2 Å². The summed E-state index contributed by atoms with van der Waals surface area (Å²) in [6, 6.07) is 8.00. The van der Waals surface area contributed by atoms with Gasteiger partial charge in [-0.1, -0.05) is 12.1 Å². The fraction of sp³-hybridized carbons (Fsp3) is 0.571. The highest BCUT2D eigenvalue weighted by Gasteiger charge is 2.34. The molecular weight excluding hydrogens is 232 g/mol. The van der Waals surface area contributed by atoms with Crippen LogP contribution in [0.2, 0.25) is 0 Å². The van der Waals surface area contributed by atoms with Crippen LogP contribution in [0.25, 0.3) is 0 Å². The number of ether oxygens (including phenoxy) is 4. The third-order valence-corrected chi connectivity index (χ3v) is 3.39. The van der Waals surface area contributed by atoms with Gasteiger partial charge >= 0.3 is 0 Å². The number of rotatable bonds is 5. The van der Waals surface area contributed by atoms with Gasteiger partial charge in [0.25, 0.3) is 0 Å². The first kappa shape index (κ1) is 13.3. The summed E-state index contributed by atoms with van der Waals surface area (Å²) in [6.45, 7) is 1.72. The van der Waals surface area contributed by atoms with Crippen LogP contribution in [0.1, 0.15) is 18.4 Å². The minimum atomic E-state index is -0.245. The lowest BCUT2D eigenvalue weighted by atomic mass is 9.86. The normalized spacial score (nSPS) is 18.6. The summed E-state index contributed by atoms with van der Waals surface area (Å²) in [6.07, 6.45) is 1.74. The van der Waals surface area contributed by atoms with Gasteiger partial charge in [0.2, 0.25) is 0 Å². The van der Waals surface area contributed by atoms with Gasteiger partial charge in [0.05, 0.1) is 5.60 Å². The van der Waals surface area contributed by atoms with Gasteiger partial charge in [-0.15, -0.1) is 0 Å². The summed E-state index contributed by atoms with van der Waals surface area (Å²) in [5.41, 5.74) is 0.895. The average Bonchev–Trinajstić information content (AvgIpc) is 2.46. The third-order valence-electron chi connectivity index (χ3n) is 3.39. The van der Waals surface area contributed by atoms with E-state index in [0.717, 1.165) is 37.4 Å². The SMILES string of the molecule is COCOc1cccc(C2(OC)CCOCC2)c1. The Hall–Kier alpha value is -1.10. The summed E-state index contributed by atoms with van der Waals surface area (Å²) in [4.78, 5) is 0. The number of benzene rings is 1. The number of hydrogen-bond acceptors (Lipinski definition) is 4. The Balaban J connectivity index is 2.19. The first-order valence-electron chi connectivity index (χ1n) is 6.16. The molecule has 0 amide bonds. The summed E-state index contributed by atoms with van der Waals surface area (Å²) in [5, 5.41) is 0. The van der Waals surface area contributed by atoms with Crippen LogP contribution in [0.3, 0.4) is 0 Å². The van der Waals surface area contributed by atoms with E-state index in [2.05, 4.69) is 6.07 Å². The van der Waals surface area contributed by atoms with Crippen molar-refractivity contribution in [2.24, 2.45) is 0 Å². The van der Waals surface area contributed by atoms with Gasteiger partial charge in [-0.3, -0.25) is 0 Å². The van der Waals surface area contributed by atoms with E-state index in [1.165, 1.54) is 0 Å². The summed E-state index contributed by atoms with van der Waals surface area (Å²) in [7, 11) is 3.37. The molecule has 1 aliphatic heterocycles. The van der Waals surface area contributed by atoms with E-state index < -0.39 is 0 Å². The van der Waals surface area contributed by atoms with Crippen molar-refractivity contribution in [2.45, 2.75) is 18.4 Å². The van der Waals surface area contributed by atoms with Crippen LogP contribution in [0, 0.1) is 0 Å². The maximum Gasteiger partial charge on any atom is 0.188 e. The smallest absolute Gasteiger partial charge is 0.188 e. The number of hydrogen-bond donors (Lipinski definition) is 0. The van der Waals surface area contributed by atoms with E-state index >= 15 is 0 Å². The van der Waals surface area contributed by atoms with Crippen LogP contribution in [-0.2, 0) is 19.8 Å². The highest BCUT2D eigenvalue weighted by Crippen LogP contribution is 2.36. The van der Waals surface area contributed by atoms with Crippen molar-refractivity contribution in [1.82, 2.24) is 0 Å². The zero-order valence-corrected chi connectivity index (χ0v) is 11.0. The fourth-order valence-corrected chi connectivity index (χ4v) is 2.31. The van der Waals surface area contributed by atoms with Gasteiger partial charge in [0, 0.05) is 40.3 Å². The van der Waals surface area contributed by atoms with Gasteiger partial charge in [-0.05, 0) is 17.7 Å². The fourth-order valence-electron chi connectivity index (χ4n) is 2.31. The predicted octanol–water partition coefficient (Wildman–Crippen LogP) is 2.32. The molecule has 0 aliphatic carbocycles. The second kappa shape index (κ2) is 6.18. The van der Waals surface area contributed by atoms with E-state index in [-0.39, 0.29) is 12.4 Å². The van der Waals surface area contributed by atoms with Crippen molar-refractivity contribution in [3.05, 3.63) is 29.8 Å². The molecule has 2 rings (SSSR count). The highest BCUT2D eigenvalue weighted by atomic mass is 16.7. The van der Waals surface area contributed by atoms with Crippen LogP contribution in [0.4, 0.5) is 0 Å². The summed E-state index contributed by atoms with van der Waals surface area (Å²) >= 11 is 0. The van der Waals surface area contributed by atoms with Crippen LogP contribution >= 0.6 is 0 Å². The molecule has 0 aromatic heterocycles. The van der Waals surface area contributed by atoms with Crippen LogP contribution in [0.15, 0.2) is 24.3 Å². The van der Waals surface area contributed by atoms with Crippen molar-refractivity contribution >= 4 is 0 Å².